The summed E-state index contributed by atoms with van der Waals surface area (Å²) < 4.78 is 0. The first-order chi connectivity index (χ1) is 11.3. The van der Waals surface area contributed by atoms with Crippen molar-refractivity contribution in [2.24, 2.45) is 5.92 Å². The van der Waals surface area contributed by atoms with E-state index in [4.69, 9.17) is 0 Å². The zero-order chi connectivity index (χ0) is 15.9. The van der Waals surface area contributed by atoms with Gasteiger partial charge in [0.15, 0.2) is 0 Å². The van der Waals surface area contributed by atoms with Crippen LogP contribution in [0.4, 0.5) is 11.8 Å². The minimum atomic E-state index is 0.773. The van der Waals surface area contributed by atoms with Crippen LogP contribution in [0.25, 0.3) is 0 Å². The highest BCUT2D eigenvalue weighted by Gasteiger charge is 2.21. The van der Waals surface area contributed by atoms with E-state index in [1.807, 2.05) is 12.3 Å². The number of anilines is 2. The molecule has 0 unspecified atom stereocenters. The summed E-state index contributed by atoms with van der Waals surface area (Å²) in [6, 6.07) is 12.8. The molecule has 122 valence electrons. The summed E-state index contributed by atoms with van der Waals surface area (Å²) in [5.74, 6) is 2.57. The van der Waals surface area contributed by atoms with E-state index in [0.29, 0.717) is 0 Å². The van der Waals surface area contributed by atoms with Crippen LogP contribution >= 0.6 is 0 Å². The Balaban J connectivity index is 1.54. The first-order valence-electron chi connectivity index (χ1n) is 8.71. The third-order valence-electron chi connectivity index (χ3n) is 4.46. The summed E-state index contributed by atoms with van der Waals surface area (Å²) in [4.78, 5) is 11.4. The number of aromatic nitrogens is 2. The summed E-state index contributed by atoms with van der Waals surface area (Å²) in [6.07, 6.45) is 6.57. The van der Waals surface area contributed by atoms with Crippen molar-refractivity contribution in [2.45, 2.75) is 32.6 Å². The van der Waals surface area contributed by atoms with Crippen LogP contribution in [0, 0.1) is 5.92 Å². The van der Waals surface area contributed by atoms with Crippen LogP contribution in [0.1, 0.15) is 31.7 Å². The van der Waals surface area contributed by atoms with Crippen LogP contribution in [0.3, 0.4) is 0 Å². The quantitative estimate of drug-likeness (QED) is 0.882. The Morgan fingerprint density at radius 1 is 1.13 bits per heavy atom. The van der Waals surface area contributed by atoms with Gasteiger partial charge in [-0.2, -0.15) is 4.98 Å². The molecule has 0 amide bonds. The molecule has 0 radical (unpaired) electrons. The average Bonchev–Trinajstić information content (AvgIpc) is 2.62. The lowest BCUT2D eigenvalue weighted by atomic mass is 9.90. The first kappa shape index (κ1) is 15.8. The van der Waals surface area contributed by atoms with Crippen molar-refractivity contribution >= 4 is 11.8 Å². The van der Waals surface area contributed by atoms with Crippen molar-refractivity contribution in [2.75, 3.05) is 29.9 Å². The molecule has 0 aliphatic carbocycles. The highest BCUT2D eigenvalue weighted by Crippen LogP contribution is 2.24. The van der Waals surface area contributed by atoms with Gasteiger partial charge >= 0.3 is 0 Å². The fourth-order valence-electron chi connectivity index (χ4n) is 3.14. The van der Waals surface area contributed by atoms with Gasteiger partial charge in [-0.05, 0) is 43.2 Å². The van der Waals surface area contributed by atoms with E-state index in [-0.39, 0.29) is 0 Å². The van der Waals surface area contributed by atoms with Gasteiger partial charge < -0.3 is 10.2 Å². The molecule has 1 aromatic heterocycles. The zero-order valence-electron chi connectivity index (χ0n) is 13.9. The Morgan fingerprint density at radius 3 is 2.65 bits per heavy atom. The van der Waals surface area contributed by atoms with Gasteiger partial charge in [-0.25, -0.2) is 4.98 Å². The molecule has 4 nitrogen and oxygen atoms in total. The molecule has 3 rings (SSSR count). The predicted molar refractivity (Wildman–Crippen MR) is 95.9 cm³/mol. The van der Waals surface area contributed by atoms with Gasteiger partial charge in [0.1, 0.15) is 5.82 Å². The van der Waals surface area contributed by atoms with E-state index in [1.54, 1.807) is 0 Å². The van der Waals surface area contributed by atoms with Gasteiger partial charge in [0.05, 0.1) is 0 Å². The van der Waals surface area contributed by atoms with E-state index in [9.17, 15) is 0 Å². The summed E-state index contributed by atoms with van der Waals surface area (Å²) in [5.41, 5.74) is 1.45. The fraction of sp³-hybridized carbons (Fsp3) is 0.474. The maximum atomic E-state index is 4.65. The number of nitrogens with one attached hydrogen (secondary N) is 1. The monoisotopic (exact) mass is 310 g/mol. The van der Waals surface area contributed by atoms with Crippen molar-refractivity contribution in [1.82, 2.24) is 9.97 Å². The molecule has 0 spiro atoms. The molecule has 1 saturated heterocycles. The van der Waals surface area contributed by atoms with Crippen molar-refractivity contribution in [3.63, 3.8) is 0 Å². The highest BCUT2D eigenvalue weighted by atomic mass is 15.3. The number of hydrogen-bond donors (Lipinski definition) is 1. The van der Waals surface area contributed by atoms with Crippen molar-refractivity contribution in [3.8, 4) is 0 Å². The standard InChI is InChI=1S/C19H26N4/c1-2-11-20-18-8-12-21-19(22-18)23-13-9-17(10-14-23)15-16-6-4-3-5-7-16/h3-8,12,17H,2,9-11,13-15H2,1H3,(H,20,21,22). The van der Waals surface area contributed by atoms with Gasteiger partial charge in [-0.1, -0.05) is 37.3 Å². The van der Waals surface area contributed by atoms with Crippen LogP contribution in [0.15, 0.2) is 42.6 Å². The maximum Gasteiger partial charge on any atom is 0.227 e. The lowest BCUT2D eigenvalue weighted by Gasteiger charge is -2.32. The Hall–Kier alpha value is -2.10. The minimum absolute atomic E-state index is 0.773. The fourth-order valence-corrected chi connectivity index (χ4v) is 3.14. The van der Waals surface area contributed by atoms with Crippen LogP contribution in [0.5, 0.6) is 0 Å². The molecule has 0 atom stereocenters. The number of hydrogen-bond acceptors (Lipinski definition) is 4. The molecule has 2 aromatic rings. The minimum Gasteiger partial charge on any atom is -0.370 e. The number of nitrogens with zero attached hydrogens (tertiary/aromatic N) is 3. The van der Waals surface area contributed by atoms with Crippen molar-refractivity contribution in [1.29, 1.82) is 0 Å². The smallest absolute Gasteiger partial charge is 0.227 e. The molecule has 0 saturated carbocycles. The second-order valence-electron chi connectivity index (χ2n) is 6.29. The molecule has 4 heteroatoms. The Kier molecular flexibility index (Phi) is 5.46. The summed E-state index contributed by atoms with van der Waals surface area (Å²) in [5, 5.41) is 3.34. The number of benzene rings is 1. The molecule has 1 aromatic carbocycles. The molecule has 1 aliphatic heterocycles. The van der Waals surface area contributed by atoms with Gasteiger partial charge in [0, 0.05) is 25.8 Å². The Bertz CT molecular complexity index is 591. The third kappa shape index (κ3) is 4.44. The van der Waals surface area contributed by atoms with Gasteiger partial charge in [0.25, 0.3) is 0 Å². The summed E-state index contributed by atoms with van der Waals surface area (Å²) >= 11 is 0. The van der Waals surface area contributed by atoms with E-state index >= 15 is 0 Å². The SMILES string of the molecule is CCCNc1ccnc(N2CCC(Cc3ccccc3)CC2)n1. The van der Waals surface area contributed by atoms with Crippen LogP contribution in [-0.4, -0.2) is 29.6 Å². The number of piperidine rings is 1. The number of rotatable bonds is 6. The molecule has 1 N–H and O–H groups in total. The summed E-state index contributed by atoms with van der Waals surface area (Å²) in [7, 11) is 0. The van der Waals surface area contributed by atoms with Crippen molar-refractivity contribution in [3.05, 3.63) is 48.2 Å². The Morgan fingerprint density at radius 2 is 1.91 bits per heavy atom. The third-order valence-corrected chi connectivity index (χ3v) is 4.46. The Labute approximate surface area is 139 Å². The molecule has 1 fully saturated rings. The lowest BCUT2D eigenvalue weighted by molar-refractivity contribution is 0.400. The topological polar surface area (TPSA) is 41.1 Å². The van der Waals surface area contributed by atoms with E-state index < -0.39 is 0 Å². The first-order valence-corrected chi connectivity index (χ1v) is 8.71. The molecule has 23 heavy (non-hydrogen) atoms. The van der Waals surface area contributed by atoms with Crippen LogP contribution in [0.2, 0.25) is 0 Å². The highest BCUT2D eigenvalue weighted by molar-refractivity contribution is 5.41. The normalized spacial score (nSPS) is 15.6. The second kappa shape index (κ2) is 7.95. The van der Waals surface area contributed by atoms with Gasteiger partial charge in [-0.15, -0.1) is 0 Å². The van der Waals surface area contributed by atoms with Gasteiger partial charge in [-0.3, -0.25) is 0 Å². The van der Waals surface area contributed by atoms with E-state index in [1.165, 1.54) is 24.8 Å². The molecule has 0 bridgehead atoms. The van der Waals surface area contributed by atoms with Crippen molar-refractivity contribution < 1.29 is 0 Å². The lowest BCUT2D eigenvalue weighted by Crippen LogP contribution is -2.35. The van der Waals surface area contributed by atoms with Gasteiger partial charge in [0.2, 0.25) is 5.95 Å². The van der Waals surface area contributed by atoms with Crippen LogP contribution in [-0.2, 0) is 6.42 Å². The average molecular weight is 310 g/mol. The van der Waals surface area contributed by atoms with E-state index in [2.05, 4.69) is 57.4 Å². The molecular weight excluding hydrogens is 284 g/mol. The molecule has 1 aliphatic rings. The zero-order valence-corrected chi connectivity index (χ0v) is 13.9. The molecule has 2 heterocycles. The predicted octanol–water partition coefficient (Wildman–Crippen LogP) is 3.76. The second-order valence-corrected chi connectivity index (χ2v) is 6.29. The maximum absolute atomic E-state index is 4.65. The van der Waals surface area contributed by atoms with E-state index in [0.717, 1.165) is 43.7 Å². The largest absolute Gasteiger partial charge is 0.370 e. The van der Waals surface area contributed by atoms with Crippen LogP contribution < -0.4 is 10.2 Å². The summed E-state index contributed by atoms with van der Waals surface area (Å²) in [6.45, 7) is 5.21. The molecular formula is C19H26N4.